The lowest BCUT2D eigenvalue weighted by molar-refractivity contribution is 0.483. The van der Waals surface area contributed by atoms with Gasteiger partial charge in [0.15, 0.2) is 0 Å². The number of rotatable bonds is 52. The Hall–Kier alpha value is -11.9. The van der Waals surface area contributed by atoms with Gasteiger partial charge in [0, 0.05) is 53.9 Å². The van der Waals surface area contributed by atoms with Crippen LogP contribution in [-0.4, -0.2) is 18.8 Å². The van der Waals surface area contributed by atoms with Gasteiger partial charge in [-0.05, 0) is 238 Å². The Morgan fingerprint density at radius 2 is 0.440 bits per heavy atom. The van der Waals surface area contributed by atoms with Gasteiger partial charge in [0.05, 0.1) is 32.8 Å². The molecule has 0 amide bonds. The quantitative estimate of drug-likeness (QED) is 0.0211. The van der Waals surface area contributed by atoms with Crippen LogP contribution in [0.2, 0.25) is 0 Å². The van der Waals surface area contributed by atoms with E-state index < -0.39 is 0 Å². The normalized spacial score (nSPS) is 12.2. The summed E-state index contributed by atoms with van der Waals surface area (Å²) in [6.07, 6.45) is 54.8. The summed E-state index contributed by atoms with van der Waals surface area (Å²) in [6, 6.07) is 77.3. The predicted octanol–water partition coefficient (Wildman–Crippen LogP) is 36.9. The van der Waals surface area contributed by atoms with Gasteiger partial charge in [-0.15, -0.1) is 0 Å². The van der Waals surface area contributed by atoms with Gasteiger partial charge < -0.3 is 18.9 Å². The molecule has 10 nitrogen and oxygen atoms in total. The Morgan fingerprint density at radius 3 is 0.687 bits per heavy atom. The molecule has 134 heavy (non-hydrogen) atoms. The predicted molar refractivity (Wildman–Crippen MR) is 568 cm³/mol. The molecule has 19 rings (SSSR count). The number of hydrogen-bond acceptors (Lipinski definition) is 8. The largest absolute Gasteiger partial charge is 0.457 e. The van der Waals surface area contributed by atoms with Gasteiger partial charge in [0.2, 0.25) is 0 Å². The second kappa shape index (κ2) is 43.6. The number of aromatic nitrogens is 4. The van der Waals surface area contributed by atoms with Gasteiger partial charge >= 0.3 is 0 Å². The van der Waals surface area contributed by atoms with Crippen LogP contribution in [0.5, 0.6) is 46.0 Å². The van der Waals surface area contributed by atoms with Crippen molar-refractivity contribution in [3.8, 4) is 46.0 Å². The third-order valence-corrected chi connectivity index (χ3v) is 29.3. The molecule has 0 aliphatic carbocycles. The van der Waals surface area contributed by atoms with E-state index in [1.54, 1.807) is 0 Å². The first-order valence-electron chi connectivity index (χ1n) is 52.4. The SMILES string of the molecule is CCCCCCCCCCCCc1ccc(Oc2cc3c(=O)n4c5cc6cc7ccccc7cc6cc5nc4c4cc(Oc5ccc(CCCCCCCCCCCC)cc5)c5c6c(Oc7ccc(CCCCCCCCCCCC)cc7)cc7c8c(cc(Oc9ccc(CCCCCCCCCCCC)cc9)c(c2c5c34)c68)c(=O)n2c3cc4cc5ccccc5cc4cc3nc72)cc1. The van der Waals surface area contributed by atoms with Crippen LogP contribution < -0.4 is 30.1 Å². The molecule has 0 bridgehead atoms. The summed E-state index contributed by atoms with van der Waals surface area (Å²) < 4.78 is 34.9. The lowest BCUT2D eigenvalue weighted by atomic mass is 9.84. The van der Waals surface area contributed by atoms with Crippen LogP contribution in [0.25, 0.3) is 141 Å². The third-order valence-electron chi connectivity index (χ3n) is 29.3. The van der Waals surface area contributed by atoms with Crippen molar-refractivity contribution < 1.29 is 18.9 Å². The van der Waals surface area contributed by atoms with Crippen molar-refractivity contribution in [2.75, 3.05) is 0 Å². The van der Waals surface area contributed by atoms with Gasteiger partial charge in [-0.25, -0.2) is 9.97 Å². The number of aryl methyl sites for hydroxylation is 4. The Balaban J connectivity index is 0.837. The van der Waals surface area contributed by atoms with Gasteiger partial charge in [0.25, 0.3) is 11.1 Å². The van der Waals surface area contributed by atoms with Crippen molar-refractivity contribution in [3.63, 3.8) is 0 Å². The van der Waals surface area contributed by atoms with Crippen LogP contribution in [0.4, 0.5) is 0 Å². The molecular formula is C124H136N4O6. The standard InChI is InChI=1S/C124H136N4O6/c1-5-9-13-17-21-25-29-33-37-41-49-85-57-65-97(66-58-85)131-109-81-101-113-103(123(129)127-107-79-95-75-91-55-47-45-53-89(91)73-93(95)77-105(107)125-121(101)127)83-111(133-99-69-61-87(62-70-99)51-43-39-35-31-27-23-19-15-11-7-3)117-118-112(134-100-71-63-88(64-72-100)52-44-40-36-32-28-24-20-16-12-8-4)84-104-114-102(122-126-106-78-94-74-90-54-46-48-56-92(90)76-96(94)80-108(106)128(122)124(104)130)82-110(116(120(114)118)115(109)119(113)117)132-98-67-59-86(60-68-98)50-42-38-34-30-26-22-18-14-10-6-2/h45-48,53-84H,5-44,49-52H2,1-4H3. The molecule has 0 saturated heterocycles. The van der Waals surface area contributed by atoms with Gasteiger partial charge in [0.1, 0.15) is 57.3 Å². The van der Waals surface area contributed by atoms with Crippen molar-refractivity contribution in [1.29, 1.82) is 0 Å². The van der Waals surface area contributed by atoms with E-state index in [4.69, 9.17) is 28.9 Å². The van der Waals surface area contributed by atoms with E-state index in [0.717, 1.165) is 105 Å². The fourth-order valence-electron chi connectivity index (χ4n) is 21.9. The zero-order valence-corrected chi connectivity index (χ0v) is 80.1. The average molecular weight is 1780 g/mol. The smallest absolute Gasteiger partial charge is 0.264 e. The van der Waals surface area contributed by atoms with E-state index in [2.05, 4.69) is 234 Å². The number of unbranched alkanes of at least 4 members (excludes halogenated alkanes) is 36. The lowest BCUT2D eigenvalue weighted by Gasteiger charge is -2.25. The molecule has 688 valence electrons. The Kier molecular flexibility index (Phi) is 29.7. The van der Waals surface area contributed by atoms with E-state index >= 15 is 9.59 Å². The number of benzene rings is 15. The van der Waals surface area contributed by atoms with E-state index in [1.807, 2.05) is 20.9 Å². The molecule has 19 aromatic rings. The summed E-state index contributed by atoms with van der Waals surface area (Å²) >= 11 is 0. The molecule has 0 aliphatic rings. The van der Waals surface area contributed by atoms with E-state index in [9.17, 15) is 0 Å². The average Bonchev–Trinajstić information content (AvgIpc) is 1.20. The maximum Gasteiger partial charge on any atom is 0.264 e. The Morgan fingerprint density at radius 1 is 0.216 bits per heavy atom. The number of imidazole rings is 2. The molecule has 0 fully saturated rings. The molecular weight excluding hydrogens is 1640 g/mol. The molecule has 0 saturated carbocycles. The van der Waals surface area contributed by atoms with Crippen LogP contribution in [0.3, 0.4) is 0 Å². The van der Waals surface area contributed by atoms with Crippen LogP contribution >= 0.6 is 0 Å². The minimum Gasteiger partial charge on any atom is -0.457 e. The molecule has 0 unspecified atom stereocenters. The number of ether oxygens (including phenoxy) is 4. The van der Waals surface area contributed by atoms with Crippen molar-refractivity contribution in [3.05, 3.63) is 261 Å². The highest BCUT2D eigenvalue weighted by Crippen LogP contribution is 2.58. The first-order valence-corrected chi connectivity index (χ1v) is 52.4. The highest BCUT2D eigenvalue weighted by atomic mass is 16.5. The zero-order valence-electron chi connectivity index (χ0n) is 80.1. The molecule has 0 spiro atoms. The van der Waals surface area contributed by atoms with Crippen molar-refractivity contribution >= 4 is 141 Å². The number of nitrogens with zero attached hydrogens (tertiary/aromatic N) is 4. The highest BCUT2D eigenvalue weighted by molar-refractivity contribution is 6.45. The van der Waals surface area contributed by atoms with Gasteiger partial charge in [-0.3, -0.25) is 18.4 Å². The fraction of sp³-hybridized carbons (Fsp3) is 0.387. The third kappa shape index (κ3) is 20.3. The van der Waals surface area contributed by atoms with E-state index in [0.29, 0.717) is 133 Å². The molecule has 0 N–H and O–H groups in total. The second-order valence-corrected chi connectivity index (χ2v) is 39.3. The first kappa shape index (κ1) is 91.2. The van der Waals surface area contributed by atoms with Gasteiger partial charge in [-0.2, -0.15) is 0 Å². The molecule has 4 heterocycles. The number of fused-ring (bicyclic) bond motifs is 14. The maximum atomic E-state index is 17.0. The topological polar surface area (TPSA) is 106 Å². The molecule has 0 radical (unpaired) electrons. The maximum absolute atomic E-state index is 17.0. The van der Waals surface area contributed by atoms with Crippen molar-refractivity contribution in [1.82, 2.24) is 18.8 Å². The fourth-order valence-corrected chi connectivity index (χ4v) is 21.9. The van der Waals surface area contributed by atoms with Crippen LogP contribution in [0, 0.1) is 0 Å². The van der Waals surface area contributed by atoms with E-state index in [1.165, 1.54) is 253 Å². The summed E-state index contributed by atoms with van der Waals surface area (Å²) in [5, 5.41) is 16.4. The van der Waals surface area contributed by atoms with Crippen LogP contribution in [-0.2, 0) is 25.7 Å². The van der Waals surface area contributed by atoms with Gasteiger partial charge in [-0.1, -0.05) is 356 Å². The van der Waals surface area contributed by atoms with Crippen LogP contribution in [0.15, 0.2) is 228 Å². The first-order chi connectivity index (χ1) is 66.1. The van der Waals surface area contributed by atoms with Crippen LogP contribution in [0.1, 0.15) is 307 Å². The highest BCUT2D eigenvalue weighted by Gasteiger charge is 2.34. The Bertz CT molecular complexity index is 6900. The molecule has 4 aromatic heterocycles. The molecule has 15 aromatic carbocycles. The zero-order chi connectivity index (χ0) is 91.1. The second-order valence-electron chi connectivity index (χ2n) is 39.3. The minimum atomic E-state index is -0.235. The summed E-state index contributed by atoms with van der Waals surface area (Å²) in [5.74, 6) is 4.40. The van der Waals surface area contributed by atoms with Crippen molar-refractivity contribution in [2.24, 2.45) is 0 Å². The summed E-state index contributed by atoms with van der Waals surface area (Å²) in [7, 11) is 0. The summed E-state index contributed by atoms with van der Waals surface area (Å²) in [4.78, 5) is 45.3. The van der Waals surface area contributed by atoms with E-state index in [-0.39, 0.29) is 11.1 Å². The monoisotopic (exact) mass is 1780 g/mol. The molecule has 0 atom stereocenters. The van der Waals surface area contributed by atoms with Crippen molar-refractivity contribution in [2.45, 2.75) is 310 Å². The Labute approximate surface area is 791 Å². The number of pyridine rings is 2. The summed E-state index contributed by atoms with van der Waals surface area (Å²) in [6.45, 7) is 9.16. The number of hydrogen-bond donors (Lipinski definition) is 0. The molecule has 10 heteroatoms. The summed E-state index contributed by atoms with van der Waals surface area (Å²) in [5.41, 5.74) is 8.33. The minimum absolute atomic E-state index is 0.235. The lowest BCUT2D eigenvalue weighted by Crippen LogP contribution is -2.15. The molecule has 0 aliphatic heterocycles.